The number of carbonyl (C=O) groups is 1. The molecule has 1 aliphatic rings. The molecule has 1 fully saturated rings. The summed E-state index contributed by atoms with van der Waals surface area (Å²) in [4.78, 5) is 12.2. The standard InChI is InChI=1S/C14H18N4O4/c1-3-18-5-10(4-15-18)22-13-8-20-7-12(13)16-14(19)11-6-21-17-9(11)2/h4-6,12-13H,3,7-8H2,1-2H3,(H,16,19)/t12-,13+/m0/s1. The van der Waals surface area contributed by atoms with E-state index in [2.05, 4.69) is 15.6 Å². The Morgan fingerprint density at radius 1 is 1.55 bits per heavy atom. The highest BCUT2D eigenvalue weighted by atomic mass is 16.5. The highest BCUT2D eigenvalue weighted by Crippen LogP contribution is 2.17. The van der Waals surface area contributed by atoms with Gasteiger partial charge in [0, 0.05) is 6.54 Å². The quantitative estimate of drug-likeness (QED) is 0.877. The second kappa shape index (κ2) is 6.18. The normalized spacial score (nSPS) is 21.0. The van der Waals surface area contributed by atoms with Crippen LogP contribution in [0.25, 0.3) is 0 Å². The molecule has 0 radical (unpaired) electrons. The molecule has 3 heterocycles. The molecule has 8 nitrogen and oxygen atoms in total. The van der Waals surface area contributed by atoms with E-state index in [1.807, 2.05) is 13.1 Å². The molecule has 22 heavy (non-hydrogen) atoms. The molecule has 0 bridgehead atoms. The Labute approximate surface area is 127 Å². The monoisotopic (exact) mass is 306 g/mol. The second-order valence-corrected chi connectivity index (χ2v) is 5.12. The Kier molecular flexibility index (Phi) is 4.10. The topological polar surface area (TPSA) is 91.4 Å². The maximum Gasteiger partial charge on any atom is 0.256 e. The van der Waals surface area contributed by atoms with Gasteiger partial charge in [0.25, 0.3) is 5.91 Å². The molecule has 0 aliphatic carbocycles. The van der Waals surface area contributed by atoms with Crippen molar-refractivity contribution in [3.8, 4) is 5.75 Å². The van der Waals surface area contributed by atoms with Gasteiger partial charge in [-0.3, -0.25) is 9.48 Å². The van der Waals surface area contributed by atoms with Gasteiger partial charge in [0.1, 0.15) is 17.9 Å². The van der Waals surface area contributed by atoms with Crippen LogP contribution in [0.5, 0.6) is 5.75 Å². The Bertz CT molecular complexity index is 651. The largest absolute Gasteiger partial charge is 0.482 e. The number of nitrogens with one attached hydrogen (secondary N) is 1. The van der Waals surface area contributed by atoms with Crippen molar-refractivity contribution < 1.29 is 18.8 Å². The first-order chi connectivity index (χ1) is 10.7. The fourth-order valence-electron chi connectivity index (χ4n) is 2.30. The fraction of sp³-hybridized carbons (Fsp3) is 0.500. The third kappa shape index (κ3) is 2.96. The summed E-state index contributed by atoms with van der Waals surface area (Å²) >= 11 is 0. The van der Waals surface area contributed by atoms with Gasteiger partial charge in [0.15, 0.2) is 5.75 Å². The molecule has 0 saturated carbocycles. The van der Waals surface area contributed by atoms with E-state index < -0.39 is 0 Å². The second-order valence-electron chi connectivity index (χ2n) is 5.12. The smallest absolute Gasteiger partial charge is 0.256 e. The van der Waals surface area contributed by atoms with Crippen molar-refractivity contribution in [3.05, 3.63) is 29.9 Å². The maximum atomic E-state index is 12.2. The first kappa shape index (κ1) is 14.6. The van der Waals surface area contributed by atoms with Gasteiger partial charge in [-0.25, -0.2) is 0 Å². The number of hydrogen-bond acceptors (Lipinski definition) is 6. The SMILES string of the molecule is CCn1cc(O[C@@H]2COC[C@@H]2NC(=O)c2conc2C)cn1. The average Bonchev–Trinajstić information content (AvgIpc) is 3.22. The molecule has 2 aromatic heterocycles. The molecule has 1 aliphatic heterocycles. The fourth-order valence-corrected chi connectivity index (χ4v) is 2.30. The van der Waals surface area contributed by atoms with Crippen molar-refractivity contribution in [2.75, 3.05) is 13.2 Å². The van der Waals surface area contributed by atoms with Gasteiger partial charge in [-0.2, -0.15) is 5.10 Å². The third-order valence-electron chi connectivity index (χ3n) is 3.56. The van der Waals surface area contributed by atoms with E-state index in [0.717, 1.165) is 6.54 Å². The molecular formula is C14H18N4O4. The summed E-state index contributed by atoms with van der Waals surface area (Å²) in [6.45, 7) is 5.32. The van der Waals surface area contributed by atoms with E-state index in [1.54, 1.807) is 17.8 Å². The molecular weight excluding hydrogens is 288 g/mol. The first-order valence-corrected chi connectivity index (χ1v) is 7.16. The van der Waals surface area contributed by atoms with Gasteiger partial charge in [-0.1, -0.05) is 5.16 Å². The van der Waals surface area contributed by atoms with Crippen LogP contribution in [0.4, 0.5) is 0 Å². The maximum absolute atomic E-state index is 12.2. The van der Waals surface area contributed by atoms with E-state index in [0.29, 0.717) is 30.2 Å². The minimum absolute atomic E-state index is 0.230. The number of aryl methyl sites for hydroxylation is 2. The Balaban J connectivity index is 1.63. The van der Waals surface area contributed by atoms with E-state index in [4.69, 9.17) is 14.0 Å². The van der Waals surface area contributed by atoms with Crippen molar-refractivity contribution in [1.29, 1.82) is 0 Å². The highest BCUT2D eigenvalue weighted by Gasteiger charge is 2.32. The van der Waals surface area contributed by atoms with Crippen LogP contribution >= 0.6 is 0 Å². The zero-order valence-electron chi connectivity index (χ0n) is 12.5. The summed E-state index contributed by atoms with van der Waals surface area (Å²) < 4.78 is 17.8. The number of aromatic nitrogens is 3. The number of nitrogens with zero attached hydrogens (tertiary/aromatic N) is 3. The van der Waals surface area contributed by atoms with E-state index in [1.165, 1.54) is 6.26 Å². The molecule has 2 atom stereocenters. The molecule has 1 saturated heterocycles. The number of amides is 1. The third-order valence-corrected chi connectivity index (χ3v) is 3.56. The lowest BCUT2D eigenvalue weighted by atomic mass is 10.2. The first-order valence-electron chi connectivity index (χ1n) is 7.16. The van der Waals surface area contributed by atoms with Gasteiger partial charge in [0.2, 0.25) is 0 Å². The lowest BCUT2D eigenvalue weighted by molar-refractivity contribution is 0.0903. The van der Waals surface area contributed by atoms with Crippen LogP contribution < -0.4 is 10.1 Å². The summed E-state index contributed by atoms with van der Waals surface area (Å²) in [6, 6.07) is -0.230. The predicted molar refractivity (Wildman–Crippen MR) is 75.6 cm³/mol. The van der Waals surface area contributed by atoms with E-state index in [9.17, 15) is 4.79 Å². The van der Waals surface area contributed by atoms with Crippen molar-refractivity contribution in [2.24, 2.45) is 0 Å². The number of rotatable bonds is 5. The zero-order valence-corrected chi connectivity index (χ0v) is 12.5. The zero-order chi connectivity index (χ0) is 15.5. The van der Waals surface area contributed by atoms with Gasteiger partial charge >= 0.3 is 0 Å². The van der Waals surface area contributed by atoms with Gasteiger partial charge < -0.3 is 19.3 Å². The van der Waals surface area contributed by atoms with Crippen LogP contribution in [0.1, 0.15) is 23.0 Å². The van der Waals surface area contributed by atoms with Crippen LogP contribution in [0.3, 0.4) is 0 Å². The molecule has 8 heteroatoms. The number of carbonyl (C=O) groups excluding carboxylic acids is 1. The summed E-state index contributed by atoms with van der Waals surface area (Å²) in [6.07, 6.45) is 4.56. The Morgan fingerprint density at radius 2 is 2.41 bits per heavy atom. The molecule has 2 aromatic rings. The number of ether oxygens (including phenoxy) is 2. The van der Waals surface area contributed by atoms with E-state index >= 15 is 0 Å². The van der Waals surface area contributed by atoms with Gasteiger partial charge in [0.05, 0.1) is 37.3 Å². The van der Waals surface area contributed by atoms with Crippen LogP contribution in [0.15, 0.2) is 23.2 Å². The summed E-state index contributed by atoms with van der Waals surface area (Å²) in [7, 11) is 0. The van der Waals surface area contributed by atoms with Crippen molar-refractivity contribution >= 4 is 5.91 Å². The van der Waals surface area contributed by atoms with Crippen LogP contribution in [0, 0.1) is 6.92 Å². The molecule has 118 valence electrons. The molecule has 1 N–H and O–H groups in total. The van der Waals surface area contributed by atoms with Crippen LogP contribution in [-0.4, -0.2) is 46.2 Å². The van der Waals surface area contributed by atoms with Crippen molar-refractivity contribution in [1.82, 2.24) is 20.3 Å². The Morgan fingerprint density at radius 3 is 3.09 bits per heavy atom. The number of hydrogen-bond donors (Lipinski definition) is 1. The summed E-state index contributed by atoms with van der Waals surface area (Å²) in [5.41, 5.74) is 0.975. The lowest BCUT2D eigenvalue weighted by Gasteiger charge is -2.19. The molecule has 3 rings (SSSR count). The highest BCUT2D eigenvalue weighted by molar-refractivity contribution is 5.95. The van der Waals surface area contributed by atoms with Crippen molar-refractivity contribution in [2.45, 2.75) is 32.5 Å². The van der Waals surface area contributed by atoms with Gasteiger partial charge in [-0.15, -0.1) is 0 Å². The average molecular weight is 306 g/mol. The lowest BCUT2D eigenvalue weighted by Crippen LogP contribution is -2.45. The minimum Gasteiger partial charge on any atom is -0.482 e. The molecule has 0 unspecified atom stereocenters. The molecule has 1 amide bonds. The van der Waals surface area contributed by atoms with Crippen molar-refractivity contribution in [3.63, 3.8) is 0 Å². The Hall–Kier alpha value is -2.35. The van der Waals surface area contributed by atoms with E-state index in [-0.39, 0.29) is 18.1 Å². The molecule has 0 aromatic carbocycles. The summed E-state index contributed by atoms with van der Waals surface area (Å²) in [5, 5.41) is 10.8. The molecule has 0 spiro atoms. The van der Waals surface area contributed by atoms with Crippen LogP contribution in [-0.2, 0) is 11.3 Å². The predicted octanol–water partition coefficient (Wildman–Crippen LogP) is 0.776. The minimum atomic E-state index is -0.251. The summed E-state index contributed by atoms with van der Waals surface area (Å²) in [5.74, 6) is 0.421. The van der Waals surface area contributed by atoms with Crippen LogP contribution in [0.2, 0.25) is 0 Å². The van der Waals surface area contributed by atoms with Gasteiger partial charge in [-0.05, 0) is 13.8 Å².